The number of nitrogens with zero attached hydrogens (tertiary/aromatic N) is 3. The number of benzene rings is 2. The fourth-order valence-electron chi connectivity index (χ4n) is 2.94. The number of carbonyl (C=O) groups is 1. The molecular weight excluding hydrogens is 471 g/mol. The molecule has 0 aliphatic heterocycles. The fraction of sp³-hybridized carbons (Fsp3) is 0.250. The molecule has 0 fully saturated rings. The predicted octanol–water partition coefficient (Wildman–Crippen LogP) is 4.25. The highest BCUT2D eigenvalue weighted by molar-refractivity contribution is 14.1. The number of anilines is 1. The third kappa shape index (κ3) is 4.80. The maximum Gasteiger partial charge on any atom is 0.339 e. The van der Waals surface area contributed by atoms with Gasteiger partial charge in [-0.2, -0.15) is 0 Å². The number of carboxylic acid groups (broad SMARTS) is 1. The Morgan fingerprint density at radius 3 is 2.89 bits per heavy atom. The first kappa shape index (κ1) is 20.1. The monoisotopic (exact) mass is 492 g/mol. The van der Waals surface area contributed by atoms with E-state index in [4.69, 9.17) is 10.5 Å². The predicted molar refractivity (Wildman–Crippen MR) is 115 cm³/mol. The lowest BCUT2D eigenvalue weighted by atomic mass is 10.1. The van der Waals surface area contributed by atoms with E-state index < -0.39 is 5.97 Å². The van der Waals surface area contributed by atoms with E-state index in [9.17, 15) is 9.90 Å². The lowest BCUT2D eigenvalue weighted by Gasteiger charge is -2.16. The number of carboxylic acids is 1. The molecule has 3 aromatic rings. The van der Waals surface area contributed by atoms with Crippen molar-refractivity contribution in [3.63, 3.8) is 0 Å². The van der Waals surface area contributed by atoms with Gasteiger partial charge >= 0.3 is 5.97 Å². The van der Waals surface area contributed by atoms with Crippen LogP contribution in [-0.2, 0) is 0 Å². The Labute approximate surface area is 176 Å². The van der Waals surface area contributed by atoms with Gasteiger partial charge in [-0.05, 0) is 72.7 Å². The van der Waals surface area contributed by atoms with E-state index in [1.54, 1.807) is 18.5 Å². The molecule has 3 rings (SSSR count). The zero-order valence-electron chi connectivity index (χ0n) is 15.4. The quantitative estimate of drug-likeness (QED) is 0.277. The maximum atomic E-state index is 11.4. The summed E-state index contributed by atoms with van der Waals surface area (Å²) < 4.78 is 8.59. The summed E-state index contributed by atoms with van der Waals surface area (Å²) in [6.45, 7) is 2.52. The number of aromatic carboxylic acids is 1. The van der Waals surface area contributed by atoms with Crippen LogP contribution in [0.4, 0.5) is 5.69 Å². The summed E-state index contributed by atoms with van der Waals surface area (Å²) in [6.07, 6.45) is 3.31. The van der Waals surface area contributed by atoms with Gasteiger partial charge in [0.25, 0.3) is 0 Å². The SMILES string of the molecule is C[C@@H](CCCOc1ccc(I)cc1C(=O)O)n1cnnc1-c1cccc(N)c1. The summed E-state index contributed by atoms with van der Waals surface area (Å²) in [5.41, 5.74) is 7.66. The highest BCUT2D eigenvalue weighted by Crippen LogP contribution is 2.25. The van der Waals surface area contributed by atoms with Crippen LogP contribution in [0.15, 0.2) is 48.8 Å². The molecule has 0 saturated carbocycles. The first-order valence-corrected chi connectivity index (χ1v) is 9.94. The number of hydrogen-bond donors (Lipinski definition) is 2. The fourth-order valence-corrected chi connectivity index (χ4v) is 3.44. The number of halogens is 1. The minimum absolute atomic E-state index is 0.158. The Hall–Kier alpha value is -2.62. The van der Waals surface area contributed by atoms with E-state index in [1.165, 1.54) is 0 Å². The summed E-state index contributed by atoms with van der Waals surface area (Å²) in [6, 6.07) is 12.9. The molecular formula is C20H21IN4O3. The molecule has 0 bridgehead atoms. The number of hydrogen-bond acceptors (Lipinski definition) is 5. The summed E-state index contributed by atoms with van der Waals surface area (Å²) in [4.78, 5) is 11.4. The third-order valence-electron chi connectivity index (χ3n) is 4.39. The first-order valence-electron chi connectivity index (χ1n) is 8.86. The van der Waals surface area contributed by atoms with Crippen LogP contribution in [0.3, 0.4) is 0 Å². The van der Waals surface area contributed by atoms with E-state index in [0.717, 1.165) is 27.8 Å². The second-order valence-electron chi connectivity index (χ2n) is 6.47. The Balaban J connectivity index is 1.60. The Kier molecular flexibility index (Phi) is 6.50. The van der Waals surface area contributed by atoms with Crippen molar-refractivity contribution >= 4 is 34.2 Å². The van der Waals surface area contributed by atoms with Gasteiger partial charge < -0.3 is 20.1 Å². The zero-order valence-corrected chi connectivity index (χ0v) is 17.5. The van der Waals surface area contributed by atoms with Gasteiger partial charge in [0.1, 0.15) is 17.6 Å². The molecule has 1 heterocycles. The van der Waals surface area contributed by atoms with Crippen molar-refractivity contribution in [3.05, 3.63) is 57.9 Å². The molecule has 8 heteroatoms. The van der Waals surface area contributed by atoms with Crippen LogP contribution in [0.25, 0.3) is 11.4 Å². The van der Waals surface area contributed by atoms with Crippen molar-refractivity contribution in [2.24, 2.45) is 0 Å². The molecule has 0 aliphatic carbocycles. The van der Waals surface area contributed by atoms with Crippen LogP contribution < -0.4 is 10.5 Å². The largest absolute Gasteiger partial charge is 0.493 e. The second kappa shape index (κ2) is 9.05. The highest BCUT2D eigenvalue weighted by atomic mass is 127. The normalized spacial score (nSPS) is 11.9. The number of nitrogens with two attached hydrogens (primary N) is 1. The first-order chi connectivity index (χ1) is 13.5. The Morgan fingerprint density at radius 2 is 2.14 bits per heavy atom. The smallest absolute Gasteiger partial charge is 0.339 e. The van der Waals surface area contributed by atoms with Gasteiger partial charge in [-0.3, -0.25) is 0 Å². The van der Waals surface area contributed by atoms with Gasteiger partial charge in [0, 0.05) is 20.9 Å². The summed E-state index contributed by atoms with van der Waals surface area (Å²) in [5, 5.41) is 17.6. The van der Waals surface area contributed by atoms with Crippen molar-refractivity contribution in [1.29, 1.82) is 0 Å². The summed E-state index contributed by atoms with van der Waals surface area (Å²) in [5.74, 6) is 0.176. The molecule has 0 amide bonds. The summed E-state index contributed by atoms with van der Waals surface area (Å²) >= 11 is 2.08. The third-order valence-corrected chi connectivity index (χ3v) is 5.06. The van der Waals surface area contributed by atoms with Crippen LogP contribution in [0.5, 0.6) is 5.75 Å². The van der Waals surface area contributed by atoms with E-state index >= 15 is 0 Å². The van der Waals surface area contributed by atoms with Crippen molar-refractivity contribution in [3.8, 4) is 17.1 Å². The van der Waals surface area contributed by atoms with E-state index in [1.807, 2.05) is 34.9 Å². The van der Waals surface area contributed by atoms with E-state index in [0.29, 0.717) is 18.0 Å². The molecule has 7 nitrogen and oxygen atoms in total. The van der Waals surface area contributed by atoms with Crippen molar-refractivity contribution in [2.45, 2.75) is 25.8 Å². The van der Waals surface area contributed by atoms with Gasteiger partial charge in [-0.25, -0.2) is 4.79 Å². The van der Waals surface area contributed by atoms with Crippen LogP contribution in [-0.4, -0.2) is 32.4 Å². The van der Waals surface area contributed by atoms with E-state index in [2.05, 4.69) is 39.7 Å². The van der Waals surface area contributed by atoms with Crippen LogP contribution in [0.1, 0.15) is 36.2 Å². The van der Waals surface area contributed by atoms with Crippen LogP contribution in [0.2, 0.25) is 0 Å². The molecule has 28 heavy (non-hydrogen) atoms. The van der Waals surface area contributed by atoms with Gasteiger partial charge in [-0.15, -0.1) is 10.2 Å². The van der Waals surface area contributed by atoms with Crippen molar-refractivity contribution in [2.75, 3.05) is 12.3 Å². The Bertz CT molecular complexity index is 974. The summed E-state index contributed by atoms with van der Waals surface area (Å²) in [7, 11) is 0. The lowest BCUT2D eigenvalue weighted by molar-refractivity contribution is 0.0692. The van der Waals surface area contributed by atoms with Crippen molar-refractivity contribution in [1.82, 2.24) is 14.8 Å². The van der Waals surface area contributed by atoms with Crippen LogP contribution >= 0.6 is 22.6 Å². The molecule has 0 spiro atoms. The average Bonchev–Trinajstić information content (AvgIpc) is 3.16. The molecule has 146 valence electrons. The minimum atomic E-state index is -0.988. The number of aromatic nitrogens is 3. The van der Waals surface area contributed by atoms with Gasteiger partial charge in [0.15, 0.2) is 5.82 Å². The highest BCUT2D eigenvalue weighted by Gasteiger charge is 2.14. The number of nitrogen functional groups attached to an aromatic ring is 1. The van der Waals surface area contributed by atoms with Crippen LogP contribution in [0, 0.1) is 3.57 Å². The second-order valence-corrected chi connectivity index (χ2v) is 7.72. The molecule has 0 aliphatic rings. The molecule has 1 aromatic heterocycles. The maximum absolute atomic E-state index is 11.4. The van der Waals surface area contributed by atoms with Crippen molar-refractivity contribution < 1.29 is 14.6 Å². The van der Waals surface area contributed by atoms with Gasteiger partial charge in [0.2, 0.25) is 0 Å². The Morgan fingerprint density at radius 1 is 1.32 bits per heavy atom. The number of ether oxygens (including phenoxy) is 1. The number of rotatable bonds is 8. The molecule has 3 N–H and O–H groups in total. The topological polar surface area (TPSA) is 103 Å². The average molecular weight is 492 g/mol. The molecule has 0 radical (unpaired) electrons. The van der Waals surface area contributed by atoms with Gasteiger partial charge in [0.05, 0.1) is 6.61 Å². The molecule has 0 saturated heterocycles. The lowest BCUT2D eigenvalue weighted by Crippen LogP contribution is -2.09. The minimum Gasteiger partial charge on any atom is -0.493 e. The zero-order chi connectivity index (χ0) is 20.1. The molecule has 0 unspecified atom stereocenters. The standard InChI is InChI=1S/C20H21IN4O3/c1-13(25-12-23-24-19(25)14-5-2-6-16(22)10-14)4-3-9-28-18-8-7-15(21)11-17(18)20(26)27/h2,5-8,10-13H,3-4,9,22H2,1H3,(H,26,27)/t13-/m0/s1. The van der Waals surface area contributed by atoms with E-state index in [-0.39, 0.29) is 11.6 Å². The van der Waals surface area contributed by atoms with Gasteiger partial charge in [-0.1, -0.05) is 12.1 Å². The molecule has 1 atom stereocenters. The molecule has 2 aromatic carbocycles.